The van der Waals surface area contributed by atoms with Crippen LogP contribution in [0, 0.1) is 0 Å². The molecular weight excluding hydrogens is 400 g/mol. The van der Waals surface area contributed by atoms with E-state index in [1.807, 2.05) is 30.5 Å². The summed E-state index contributed by atoms with van der Waals surface area (Å²) in [5.41, 5.74) is 2.92. The van der Waals surface area contributed by atoms with Crippen LogP contribution in [0.15, 0.2) is 53.2 Å². The van der Waals surface area contributed by atoms with E-state index in [-0.39, 0.29) is 11.6 Å². The highest BCUT2D eigenvalue weighted by molar-refractivity contribution is 7.93. The summed E-state index contributed by atoms with van der Waals surface area (Å²) in [6, 6.07) is 12.9. The number of para-hydroxylation sites is 1. The van der Waals surface area contributed by atoms with Gasteiger partial charge in [-0.25, -0.2) is 8.42 Å². The van der Waals surface area contributed by atoms with Crippen molar-refractivity contribution in [3.05, 3.63) is 53.7 Å². The van der Waals surface area contributed by atoms with Crippen LogP contribution in [0.3, 0.4) is 0 Å². The Morgan fingerprint density at radius 3 is 2.79 bits per heavy atom. The lowest BCUT2D eigenvalue weighted by molar-refractivity contribution is 0.432. The Labute approximate surface area is 166 Å². The molecule has 5 rings (SSSR count). The molecule has 1 saturated heterocycles. The molecule has 0 bridgehead atoms. The molecule has 0 atom stereocenters. The van der Waals surface area contributed by atoms with E-state index in [0.717, 1.165) is 16.5 Å². The zero-order chi connectivity index (χ0) is 19.3. The largest absolute Gasteiger partial charge is 0.360 e. The maximum Gasteiger partial charge on any atom is 0.259 e. The number of nitrogens with zero attached hydrogens (tertiary/aromatic N) is 3. The van der Waals surface area contributed by atoms with E-state index in [2.05, 4.69) is 15.1 Å². The van der Waals surface area contributed by atoms with E-state index < -0.39 is 10.0 Å². The third-order valence-electron chi connectivity index (χ3n) is 4.83. The van der Waals surface area contributed by atoms with Crippen LogP contribution < -0.4 is 4.31 Å². The molecule has 0 spiro atoms. The monoisotopic (exact) mass is 414 g/mol. The quantitative estimate of drug-likeness (QED) is 0.545. The lowest BCUT2D eigenvalue weighted by Gasteiger charge is -2.17. The molecule has 0 radical (unpaired) electrons. The predicted molar refractivity (Wildman–Crippen MR) is 108 cm³/mol. The molecule has 0 aliphatic carbocycles. The highest BCUT2D eigenvalue weighted by Crippen LogP contribution is 2.34. The van der Waals surface area contributed by atoms with Crippen LogP contribution in [-0.4, -0.2) is 35.8 Å². The average Bonchev–Trinajstić information content (AvgIpc) is 3.39. The van der Waals surface area contributed by atoms with Gasteiger partial charge in [-0.15, -0.1) is 0 Å². The first-order chi connectivity index (χ1) is 13.5. The van der Waals surface area contributed by atoms with Gasteiger partial charge in [-0.05, 0) is 30.7 Å². The van der Waals surface area contributed by atoms with E-state index in [4.69, 9.17) is 16.1 Å². The molecule has 7 nitrogen and oxygen atoms in total. The highest BCUT2D eigenvalue weighted by Gasteiger charge is 2.29. The molecule has 9 heteroatoms. The van der Waals surface area contributed by atoms with Gasteiger partial charge < -0.3 is 9.51 Å². The number of aromatic amines is 1. The Morgan fingerprint density at radius 1 is 1.14 bits per heavy atom. The van der Waals surface area contributed by atoms with Gasteiger partial charge in [0.2, 0.25) is 15.8 Å². The molecule has 2 aromatic carbocycles. The van der Waals surface area contributed by atoms with Crippen molar-refractivity contribution in [3.8, 4) is 22.8 Å². The Morgan fingerprint density at radius 2 is 2.00 bits per heavy atom. The molecule has 1 fully saturated rings. The summed E-state index contributed by atoms with van der Waals surface area (Å²) in [7, 11) is -3.26. The summed E-state index contributed by atoms with van der Waals surface area (Å²) in [6.45, 7) is 0.462. The van der Waals surface area contributed by atoms with E-state index in [1.165, 1.54) is 4.31 Å². The fourth-order valence-corrected chi connectivity index (χ4v) is 5.27. The zero-order valence-electron chi connectivity index (χ0n) is 14.6. The molecule has 2 aromatic heterocycles. The van der Waals surface area contributed by atoms with Gasteiger partial charge in [0.1, 0.15) is 0 Å². The predicted octanol–water partition coefficient (Wildman–Crippen LogP) is 4.08. The van der Waals surface area contributed by atoms with Crippen LogP contribution in [0.1, 0.15) is 6.42 Å². The molecule has 1 aliphatic heterocycles. The number of fused-ring (bicyclic) bond motifs is 1. The number of anilines is 1. The SMILES string of the molecule is O=S1(=O)CCCN1c1ccc(-c2nc(-c3c[nH]c4ccccc34)no2)c(Cl)c1. The van der Waals surface area contributed by atoms with E-state index in [9.17, 15) is 8.42 Å². The first-order valence-electron chi connectivity index (χ1n) is 8.73. The number of sulfonamides is 1. The summed E-state index contributed by atoms with van der Waals surface area (Å²) in [4.78, 5) is 7.66. The third kappa shape index (κ3) is 2.76. The molecule has 0 unspecified atom stereocenters. The second-order valence-electron chi connectivity index (χ2n) is 6.58. The van der Waals surface area contributed by atoms with Crippen LogP contribution in [-0.2, 0) is 10.0 Å². The summed E-state index contributed by atoms with van der Waals surface area (Å²) in [5, 5.41) is 5.43. The van der Waals surface area contributed by atoms with Gasteiger partial charge in [-0.3, -0.25) is 4.31 Å². The average molecular weight is 415 g/mol. The fourth-order valence-electron chi connectivity index (χ4n) is 3.46. The van der Waals surface area contributed by atoms with Gasteiger partial charge in [0, 0.05) is 29.2 Å². The summed E-state index contributed by atoms with van der Waals surface area (Å²) < 4.78 is 31.0. The van der Waals surface area contributed by atoms with Gasteiger partial charge in [-0.2, -0.15) is 4.98 Å². The summed E-state index contributed by atoms with van der Waals surface area (Å²) in [6.07, 6.45) is 2.45. The van der Waals surface area contributed by atoms with Crippen molar-refractivity contribution in [2.75, 3.05) is 16.6 Å². The minimum absolute atomic E-state index is 0.157. The van der Waals surface area contributed by atoms with Gasteiger partial charge in [0.05, 0.1) is 22.0 Å². The van der Waals surface area contributed by atoms with Crippen LogP contribution >= 0.6 is 11.6 Å². The van der Waals surface area contributed by atoms with Crippen molar-refractivity contribution < 1.29 is 12.9 Å². The molecule has 1 aliphatic rings. The van der Waals surface area contributed by atoms with Crippen molar-refractivity contribution in [2.24, 2.45) is 0 Å². The molecule has 0 saturated carbocycles. The van der Waals surface area contributed by atoms with Gasteiger partial charge in [0.15, 0.2) is 0 Å². The van der Waals surface area contributed by atoms with Gasteiger partial charge in [-0.1, -0.05) is 35.0 Å². The number of benzene rings is 2. The molecule has 142 valence electrons. The molecule has 28 heavy (non-hydrogen) atoms. The Balaban J connectivity index is 1.51. The van der Waals surface area contributed by atoms with Crippen molar-refractivity contribution in [3.63, 3.8) is 0 Å². The maximum absolute atomic E-state index is 12.1. The Hall–Kier alpha value is -2.84. The molecule has 1 N–H and O–H groups in total. The van der Waals surface area contributed by atoms with Crippen LogP contribution in [0.4, 0.5) is 5.69 Å². The number of nitrogens with one attached hydrogen (secondary N) is 1. The minimum Gasteiger partial charge on any atom is -0.360 e. The lowest BCUT2D eigenvalue weighted by atomic mass is 10.1. The number of hydrogen-bond donors (Lipinski definition) is 1. The van der Waals surface area contributed by atoms with Gasteiger partial charge in [0.25, 0.3) is 5.89 Å². The smallest absolute Gasteiger partial charge is 0.259 e. The second kappa shape index (κ2) is 6.35. The standard InChI is InChI=1S/C19H15ClN4O3S/c20-16-10-12(24-8-3-9-28(24,25)26)6-7-14(16)19-22-18(23-27-19)15-11-21-17-5-2-1-4-13(15)17/h1-2,4-7,10-11,21H,3,8-9H2. The van der Waals surface area contributed by atoms with Crippen molar-refractivity contribution >= 4 is 38.2 Å². The lowest BCUT2D eigenvalue weighted by Crippen LogP contribution is -2.24. The fraction of sp³-hybridized carbons (Fsp3) is 0.158. The molecule has 0 amide bonds. The number of aromatic nitrogens is 3. The van der Waals surface area contributed by atoms with E-state index in [0.29, 0.717) is 35.1 Å². The molecular formula is C19H15ClN4O3S. The number of rotatable bonds is 3. The van der Waals surface area contributed by atoms with Crippen LogP contribution in [0.25, 0.3) is 33.7 Å². The topological polar surface area (TPSA) is 92.1 Å². The highest BCUT2D eigenvalue weighted by atomic mass is 35.5. The zero-order valence-corrected chi connectivity index (χ0v) is 16.2. The summed E-state index contributed by atoms with van der Waals surface area (Å²) >= 11 is 6.41. The van der Waals surface area contributed by atoms with Crippen LogP contribution in [0.2, 0.25) is 5.02 Å². The molecule has 3 heterocycles. The van der Waals surface area contributed by atoms with Crippen molar-refractivity contribution in [1.82, 2.24) is 15.1 Å². The number of H-pyrrole nitrogens is 1. The number of halogens is 1. The van der Waals surface area contributed by atoms with Crippen molar-refractivity contribution in [1.29, 1.82) is 0 Å². The Kier molecular flexibility index (Phi) is 3.92. The van der Waals surface area contributed by atoms with Gasteiger partial charge >= 0.3 is 0 Å². The minimum atomic E-state index is -3.26. The normalized spacial score (nSPS) is 16.1. The van der Waals surface area contributed by atoms with E-state index >= 15 is 0 Å². The second-order valence-corrected chi connectivity index (χ2v) is 9.00. The summed E-state index contributed by atoms with van der Waals surface area (Å²) in [5.74, 6) is 0.889. The Bertz CT molecular complexity index is 1300. The first kappa shape index (κ1) is 17.3. The first-order valence-corrected chi connectivity index (χ1v) is 10.7. The number of hydrogen-bond acceptors (Lipinski definition) is 5. The molecule has 4 aromatic rings. The van der Waals surface area contributed by atoms with E-state index in [1.54, 1.807) is 18.2 Å². The van der Waals surface area contributed by atoms with Crippen molar-refractivity contribution in [2.45, 2.75) is 6.42 Å². The van der Waals surface area contributed by atoms with Crippen LogP contribution in [0.5, 0.6) is 0 Å². The third-order valence-corrected chi connectivity index (χ3v) is 7.01. The maximum atomic E-state index is 12.1.